The van der Waals surface area contributed by atoms with Crippen molar-refractivity contribution in [1.29, 1.82) is 0 Å². The Morgan fingerprint density at radius 2 is 1.70 bits per heavy atom. The van der Waals surface area contributed by atoms with Gasteiger partial charge in [0.05, 0.1) is 18.6 Å². The molecule has 2 aliphatic rings. The summed E-state index contributed by atoms with van der Waals surface area (Å²) >= 11 is 0. The van der Waals surface area contributed by atoms with Gasteiger partial charge in [0.1, 0.15) is 12.1 Å². The van der Waals surface area contributed by atoms with Crippen molar-refractivity contribution in [1.82, 2.24) is 14.5 Å². The first kappa shape index (κ1) is 31.4. The molecule has 1 aromatic heterocycles. The molecule has 0 unspecified atom stereocenters. The molecular formula is C31H33F5N4O4. The molecule has 2 heterocycles. The number of nitrogens with two attached hydrogens (primary N) is 1. The van der Waals surface area contributed by atoms with Gasteiger partial charge in [0.25, 0.3) is 5.56 Å². The molecule has 2 fully saturated rings. The number of hydrogen-bond donors (Lipinski definition) is 2. The second kappa shape index (κ2) is 12.2. The summed E-state index contributed by atoms with van der Waals surface area (Å²) in [6.45, 7) is 0.222. The van der Waals surface area contributed by atoms with Gasteiger partial charge in [0.15, 0.2) is 5.69 Å². The van der Waals surface area contributed by atoms with E-state index in [2.05, 4.69) is 4.98 Å². The third-order valence-electron chi connectivity index (χ3n) is 8.42. The number of halogens is 5. The number of anilines is 1. The van der Waals surface area contributed by atoms with Crippen LogP contribution in [0.15, 0.2) is 65.7 Å². The van der Waals surface area contributed by atoms with Gasteiger partial charge in [-0.3, -0.25) is 14.2 Å². The van der Waals surface area contributed by atoms with Crippen LogP contribution in [0.25, 0.3) is 0 Å². The number of ether oxygens (including phenoxy) is 1. The van der Waals surface area contributed by atoms with Crippen molar-refractivity contribution >= 4 is 11.6 Å². The van der Waals surface area contributed by atoms with E-state index in [9.17, 15) is 36.6 Å². The Bertz CT molecular complexity index is 1520. The van der Waals surface area contributed by atoms with Gasteiger partial charge in [-0.25, -0.2) is 13.8 Å². The molecule has 1 aliphatic heterocycles. The number of benzene rings is 2. The average molecular weight is 621 g/mol. The summed E-state index contributed by atoms with van der Waals surface area (Å²) in [6.07, 6.45) is -4.68. The Balaban J connectivity index is 1.21. The SMILES string of the molecule is Nc1c(Oc2ccc(CC(F)(F)F)cc2)ncn(CC2(O)CCN(C(=O)[C@@H]3CCC(F)(F)C[C@H]3c3ccccc3)CC2)c1=O. The second-order valence-corrected chi connectivity index (χ2v) is 11.7. The molecule has 8 nitrogen and oxygen atoms in total. The number of carbonyl (C=O) groups is 1. The Morgan fingerprint density at radius 1 is 1.05 bits per heavy atom. The van der Waals surface area contributed by atoms with Gasteiger partial charge in [-0.05, 0) is 42.5 Å². The topological polar surface area (TPSA) is 111 Å². The molecule has 3 N–H and O–H groups in total. The van der Waals surface area contributed by atoms with Gasteiger partial charge in [-0.2, -0.15) is 13.2 Å². The van der Waals surface area contributed by atoms with E-state index >= 15 is 0 Å². The molecule has 2 atom stereocenters. The lowest BCUT2D eigenvalue weighted by Crippen LogP contribution is -2.52. The first-order valence-corrected chi connectivity index (χ1v) is 14.3. The molecule has 0 radical (unpaired) electrons. The Kier molecular flexibility index (Phi) is 8.70. The van der Waals surface area contributed by atoms with E-state index in [4.69, 9.17) is 10.5 Å². The van der Waals surface area contributed by atoms with Crippen LogP contribution in [-0.4, -0.2) is 56.3 Å². The van der Waals surface area contributed by atoms with E-state index in [0.717, 1.165) is 10.9 Å². The lowest BCUT2D eigenvalue weighted by atomic mass is 9.73. The summed E-state index contributed by atoms with van der Waals surface area (Å²) in [4.78, 5) is 32.2. The maximum absolute atomic E-state index is 14.3. The molecule has 13 heteroatoms. The average Bonchev–Trinajstić information content (AvgIpc) is 2.97. The molecule has 1 saturated heterocycles. The number of amides is 1. The molecule has 1 amide bonds. The zero-order valence-electron chi connectivity index (χ0n) is 23.8. The number of nitrogen functional groups attached to an aromatic ring is 1. The van der Waals surface area contributed by atoms with Crippen molar-refractivity contribution in [3.63, 3.8) is 0 Å². The number of likely N-dealkylation sites (tertiary alicyclic amines) is 1. The largest absolute Gasteiger partial charge is 0.437 e. The van der Waals surface area contributed by atoms with E-state index in [1.807, 2.05) is 0 Å². The summed E-state index contributed by atoms with van der Waals surface area (Å²) in [5.41, 5.74) is 4.33. The first-order valence-electron chi connectivity index (χ1n) is 14.3. The summed E-state index contributed by atoms with van der Waals surface area (Å²) in [5, 5.41) is 11.3. The van der Waals surface area contributed by atoms with Crippen molar-refractivity contribution in [3.05, 3.63) is 82.4 Å². The van der Waals surface area contributed by atoms with Crippen LogP contribution in [0.4, 0.5) is 27.6 Å². The van der Waals surface area contributed by atoms with Gasteiger partial charge in [0.2, 0.25) is 17.7 Å². The van der Waals surface area contributed by atoms with E-state index in [1.165, 1.54) is 24.3 Å². The number of aliphatic hydroxyl groups is 1. The fourth-order valence-corrected chi connectivity index (χ4v) is 6.04. The molecule has 1 saturated carbocycles. The number of alkyl halides is 5. The predicted molar refractivity (Wildman–Crippen MR) is 151 cm³/mol. The van der Waals surface area contributed by atoms with Gasteiger partial charge >= 0.3 is 6.18 Å². The van der Waals surface area contributed by atoms with E-state index in [1.54, 1.807) is 35.2 Å². The number of nitrogens with zero attached hydrogens (tertiary/aromatic N) is 3. The molecular weight excluding hydrogens is 587 g/mol. The minimum absolute atomic E-state index is 0.0403. The molecule has 0 spiro atoms. The van der Waals surface area contributed by atoms with Gasteiger partial charge in [-0.1, -0.05) is 42.5 Å². The Hall–Kier alpha value is -4.00. The second-order valence-electron chi connectivity index (χ2n) is 11.7. The standard InChI is InChI=1S/C31H33F5N4O4/c32-30(33)11-10-23(24(17-30)21-4-2-1-3-5-21)27(41)39-14-12-29(43,13-15-39)18-40-19-38-26(25(37)28(40)42)44-22-8-6-20(7-9-22)16-31(34,35)36/h1-9,19,23-24,43H,10-18,37H2/t23-,24+/m1/s1. The van der Waals surface area contributed by atoms with Crippen LogP contribution < -0.4 is 16.0 Å². The molecule has 2 aromatic carbocycles. The molecule has 1 aliphatic carbocycles. The molecule has 3 aromatic rings. The van der Waals surface area contributed by atoms with Crippen molar-refractivity contribution in [2.24, 2.45) is 5.92 Å². The van der Waals surface area contributed by atoms with Crippen LogP contribution in [-0.2, 0) is 17.8 Å². The smallest absolute Gasteiger partial charge is 0.393 e. The van der Waals surface area contributed by atoms with Crippen molar-refractivity contribution in [2.45, 2.75) is 68.7 Å². The summed E-state index contributed by atoms with van der Waals surface area (Å²) < 4.78 is 73.1. The molecule has 0 bridgehead atoms. The van der Waals surface area contributed by atoms with Crippen molar-refractivity contribution in [3.8, 4) is 11.6 Å². The monoisotopic (exact) mass is 620 g/mol. The number of piperidine rings is 1. The Labute approximate surface area is 250 Å². The number of hydrogen-bond acceptors (Lipinski definition) is 6. The summed E-state index contributed by atoms with van der Waals surface area (Å²) in [5.74, 6) is -4.35. The highest BCUT2D eigenvalue weighted by Gasteiger charge is 2.46. The lowest BCUT2D eigenvalue weighted by molar-refractivity contribution is -0.145. The predicted octanol–water partition coefficient (Wildman–Crippen LogP) is 5.30. The van der Waals surface area contributed by atoms with Crippen LogP contribution in [0.5, 0.6) is 11.6 Å². The molecule has 5 rings (SSSR count). The zero-order valence-corrected chi connectivity index (χ0v) is 23.8. The maximum Gasteiger partial charge on any atom is 0.393 e. The number of rotatable bonds is 7. The quantitative estimate of drug-likeness (QED) is 0.347. The fourth-order valence-electron chi connectivity index (χ4n) is 6.04. The van der Waals surface area contributed by atoms with Crippen LogP contribution in [0.3, 0.4) is 0 Å². The van der Waals surface area contributed by atoms with Gasteiger partial charge < -0.3 is 20.5 Å². The minimum atomic E-state index is -4.35. The van der Waals surface area contributed by atoms with Crippen molar-refractivity contribution < 1.29 is 36.6 Å². The highest BCUT2D eigenvalue weighted by atomic mass is 19.4. The number of carbonyl (C=O) groups excluding carboxylic acids is 1. The van der Waals surface area contributed by atoms with E-state index in [0.29, 0.717) is 5.56 Å². The maximum atomic E-state index is 14.3. The first-order chi connectivity index (χ1) is 20.7. The van der Waals surface area contributed by atoms with Gasteiger partial charge in [0, 0.05) is 37.8 Å². The van der Waals surface area contributed by atoms with Crippen molar-refractivity contribution in [2.75, 3.05) is 18.8 Å². The third-order valence-corrected chi connectivity index (χ3v) is 8.42. The molecule has 44 heavy (non-hydrogen) atoms. The number of aromatic nitrogens is 2. The van der Waals surface area contributed by atoms with Gasteiger partial charge in [-0.15, -0.1) is 0 Å². The zero-order chi connectivity index (χ0) is 31.7. The Morgan fingerprint density at radius 3 is 2.34 bits per heavy atom. The summed E-state index contributed by atoms with van der Waals surface area (Å²) in [7, 11) is 0. The fraction of sp³-hybridized carbons (Fsp3) is 0.452. The van der Waals surface area contributed by atoms with Crippen LogP contribution in [0.1, 0.15) is 49.1 Å². The van der Waals surface area contributed by atoms with Crippen LogP contribution in [0, 0.1) is 5.92 Å². The van der Waals surface area contributed by atoms with E-state index in [-0.39, 0.29) is 74.1 Å². The van der Waals surface area contributed by atoms with Crippen LogP contribution >= 0.6 is 0 Å². The lowest BCUT2D eigenvalue weighted by Gasteiger charge is -2.42. The van der Waals surface area contributed by atoms with E-state index < -0.39 is 47.9 Å². The van der Waals surface area contributed by atoms with Crippen LogP contribution in [0.2, 0.25) is 0 Å². The minimum Gasteiger partial charge on any atom is -0.437 e. The normalized spacial score (nSPS) is 21.5. The summed E-state index contributed by atoms with van der Waals surface area (Å²) in [6, 6.07) is 14.0. The highest BCUT2D eigenvalue weighted by Crippen LogP contribution is 2.46. The highest BCUT2D eigenvalue weighted by molar-refractivity contribution is 5.80. The molecule has 236 valence electrons. The third kappa shape index (κ3) is 7.37.